The lowest BCUT2D eigenvalue weighted by Crippen LogP contribution is -2.53. The van der Waals surface area contributed by atoms with Crippen molar-refractivity contribution >= 4 is 10.1 Å². The first kappa shape index (κ1) is 17.8. The van der Waals surface area contributed by atoms with Crippen molar-refractivity contribution in [1.82, 2.24) is 0 Å². The van der Waals surface area contributed by atoms with Crippen molar-refractivity contribution in [2.24, 2.45) is 0 Å². The summed E-state index contributed by atoms with van der Waals surface area (Å²) in [6, 6.07) is 0. The van der Waals surface area contributed by atoms with Crippen LogP contribution in [0.4, 0.5) is 0 Å². The predicted octanol–water partition coefficient (Wildman–Crippen LogP) is -1.55. The summed E-state index contributed by atoms with van der Waals surface area (Å²) in [4.78, 5) is 0. The largest absolute Gasteiger partial charge is 0.391 e. The van der Waals surface area contributed by atoms with E-state index in [1.165, 1.54) is 0 Å². The van der Waals surface area contributed by atoms with E-state index in [0.717, 1.165) is 0 Å². The van der Waals surface area contributed by atoms with Crippen molar-refractivity contribution in [3.05, 3.63) is 0 Å². The minimum absolute atomic E-state index is 0.0572. The third kappa shape index (κ3) is 7.96. The van der Waals surface area contributed by atoms with E-state index in [-0.39, 0.29) is 25.6 Å². The molecule has 110 valence electrons. The molecule has 0 aliphatic rings. The maximum Gasteiger partial charge on any atom is 0.264 e. The summed E-state index contributed by atoms with van der Waals surface area (Å²) in [5, 5.41) is 27.1. The predicted molar refractivity (Wildman–Crippen MR) is 66.6 cm³/mol. The first-order chi connectivity index (χ1) is 8.39. The second kappa shape index (κ2) is 8.78. The Morgan fingerprint density at radius 2 is 1.22 bits per heavy atom. The fraction of sp³-hybridized carbons (Fsp3) is 1.00. The molecule has 7 nitrogen and oxygen atoms in total. The number of aliphatic hydroxyl groups is 3. The smallest absolute Gasteiger partial charge is 0.264 e. The molecule has 0 aromatic rings. The highest BCUT2D eigenvalue weighted by molar-refractivity contribution is 7.85. The number of unbranched alkanes of at least 4 members (excludes halogenated alkanes) is 1. The van der Waals surface area contributed by atoms with E-state index in [2.05, 4.69) is 0 Å². The molecule has 0 spiro atoms. The van der Waals surface area contributed by atoms with E-state index in [1.807, 2.05) is 0 Å². The summed E-state index contributed by atoms with van der Waals surface area (Å²) in [7, 11) is -3.93. The lowest BCUT2D eigenvalue weighted by Gasteiger charge is -2.37. The summed E-state index contributed by atoms with van der Waals surface area (Å²) in [6.45, 7) is 1.61. The first-order valence-electron chi connectivity index (χ1n) is 6.02. The number of hydrogen-bond donors (Lipinski definition) is 4. The summed E-state index contributed by atoms with van der Waals surface area (Å²) in [5.74, 6) is -0.287. The molecule has 18 heavy (non-hydrogen) atoms. The minimum atomic E-state index is -3.93. The molecule has 0 unspecified atom stereocenters. The Labute approximate surface area is 108 Å². The molecule has 0 atom stereocenters. The highest BCUT2D eigenvalue weighted by Crippen LogP contribution is 2.09. The fourth-order valence-electron chi connectivity index (χ4n) is 2.04. The van der Waals surface area contributed by atoms with Crippen LogP contribution in [0.25, 0.3) is 0 Å². The molecule has 0 saturated heterocycles. The molecule has 0 bridgehead atoms. The Kier molecular flexibility index (Phi) is 8.66. The average Bonchev–Trinajstić information content (AvgIpc) is 2.24. The van der Waals surface area contributed by atoms with Gasteiger partial charge in [0, 0.05) is 0 Å². The van der Waals surface area contributed by atoms with Crippen molar-refractivity contribution in [3.8, 4) is 0 Å². The monoisotopic (exact) mass is 286 g/mol. The SMILES string of the molecule is O=S(=O)(O)CCCC[N+](CCO)(CCO)CCO. The molecular formula is C10H24NO6S+. The number of hydrogen-bond acceptors (Lipinski definition) is 5. The molecule has 0 rings (SSSR count). The van der Waals surface area contributed by atoms with Gasteiger partial charge < -0.3 is 19.8 Å². The molecule has 0 radical (unpaired) electrons. The molecule has 4 N–H and O–H groups in total. The third-order valence-corrected chi connectivity index (χ3v) is 3.81. The van der Waals surface area contributed by atoms with Crippen LogP contribution in [0.5, 0.6) is 0 Å². The van der Waals surface area contributed by atoms with Gasteiger partial charge in [-0.05, 0) is 12.8 Å². The van der Waals surface area contributed by atoms with Crippen LogP contribution in [0.1, 0.15) is 12.8 Å². The number of quaternary nitrogens is 1. The summed E-state index contributed by atoms with van der Waals surface area (Å²) < 4.78 is 30.1. The highest BCUT2D eigenvalue weighted by atomic mass is 32.2. The normalized spacial score (nSPS) is 12.9. The quantitative estimate of drug-likeness (QED) is 0.208. The van der Waals surface area contributed by atoms with Gasteiger partial charge >= 0.3 is 0 Å². The second-order valence-electron chi connectivity index (χ2n) is 4.40. The van der Waals surface area contributed by atoms with Gasteiger partial charge in [-0.2, -0.15) is 8.42 Å². The summed E-state index contributed by atoms with van der Waals surface area (Å²) in [5.41, 5.74) is 0. The van der Waals surface area contributed by atoms with E-state index in [9.17, 15) is 8.42 Å². The molecule has 8 heteroatoms. The topological polar surface area (TPSA) is 115 Å². The average molecular weight is 286 g/mol. The van der Waals surface area contributed by atoms with Gasteiger partial charge in [-0.25, -0.2) is 0 Å². The van der Waals surface area contributed by atoms with Crippen molar-refractivity contribution in [2.75, 3.05) is 51.8 Å². The Bertz CT molecular complexity index is 288. The summed E-state index contributed by atoms with van der Waals surface area (Å²) >= 11 is 0. The van der Waals surface area contributed by atoms with Gasteiger partial charge in [0.2, 0.25) is 0 Å². The maximum absolute atomic E-state index is 10.6. The van der Waals surface area contributed by atoms with Crippen LogP contribution in [0.2, 0.25) is 0 Å². The Morgan fingerprint density at radius 3 is 1.56 bits per heavy atom. The third-order valence-electron chi connectivity index (χ3n) is 3.01. The fourth-order valence-corrected chi connectivity index (χ4v) is 2.61. The van der Waals surface area contributed by atoms with Crippen molar-refractivity contribution in [2.45, 2.75) is 12.8 Å². The number of rotatable bonds is 11. The van der Waals surface area contributed by atoms with Gasteiger partial charge in [-0.1, -0.05) is 0 Å². The molecule has 0 saturated carbocycles. The molecule has 0 heterocycles. The standard InChI is InChI=1S/C10H23NO6S/c12-7-4-11(5-8-13,6-9-14)3-1-2-10-18(15,16)17/h12-14H,1-10H2/p+1. The van der Waals surface area contributed by atoms with Crippen molar-refractivity contribution < 1.29 is 32.8 Å². The Hall–Kier alpha value is -0.250. The van der Waals surface area contributed by atoms with Gasteiger partial charge in [-0.15, -0.1) is 0 Å². The Balaban J connectivity index is 4.29. The molecule has 0 aliphatic heterocycles. The summed E-state index contributed by atoms with van der Waals surface area (Å²) in [6.07, 6.45) is 0.862. The lowest BCUT2D eigenvalue weighted by atomic mass is 10.2. The highest BCUT2D eigenvalue weighted by Gasteiger charge is 2.25. The molecule has 0 aliphatic carbocycles. The molecule has 0 fully saturated rings. The van der Waals surface area contributed by atoms with E-state index in [0.29, 0.717) is 43.5 Å². The van der Waals surface area contributed by atoms with Crippen LogP contribution >= 0.6 is 0 Å². The van der Waals surface area contributed by atoms with Crippen LogP contribution in [0.3, 0.4) is 0 Å². The zero-order chi connectivity index (χ0) is 14.1. The minimum Gasteiger partial charge on any atom is -0.391 e. The molecule has 0 aromatic heterocycles. The molecule has 0 aromatic carbocycles. The van der Waals surface area contributed by atoms with Crippen molar-refractivity contribution in [1.29, 1.82) is 0 Å². The zero-order valence-corrected chi connectivity index (χ0v) is 11.3. The Morgan fingerprint density at radius 1 is 0.778 bits per heavy atom. The maximum atomic E-state index is 10.6. The van der Waals surface area contributed by atoms with Crippen LogP contribution in [0, 0.1) is 0 Å². The van der Waals surface area contributed by atoms with E-state index >= 15 is 0 Å². The van der Waals surface area contributed by atoms with Gasteiger partial charge in [0.05, 0.1) is 32.1 Å². The van der Waals surface area contributed by atoms with E-state index in [1.54, 1.807) is 0 Å². The van der Waals surface area contributed by atoms with Gasteiger partial charge in [0.15, 0.2) is 0 Å². The van der Waals surface area contributed by atoms with Gasteiger partial charge in [0.1, 0.15) is 19.6 Å². The molecule has 0 amide bonds. The first-order valence-corrected chi connectivity index (χ1v) is 7.63. The van der Waals surface area contributed by atoms with Gasteiger partial charge in [-0.3, -0.25) is 4.55 Å². The molecular weight excluding hydrogens is 262 g/mol. The second-order valence-corrected chi connectivity index (χ2v) is 5.97. The van der Waals surface area contributed by atoms with Crippen molar-refractivity contribution in [3.63, 3.8) is 0 Å². The zero-order valence-electron chi connectivity index (χ0n) is 10.5. The van der Waals surface area contributed by atoms with E-state index < -0.39 is 10.1 Å². The van der Waals surface area contributed by atoms with Crippen LogP contribution < -0.4 is 0 Å². The van der Waals surface area contributed by atoms with Crippen LogP contribution in [-0.2, 0) is 10.1 Å². The van der Waals surface area contributed by atoms with Crippen LogP contribution in [-0.4, -0.2) is 84.5 Å². The lowest BCUT2D eigenvalue weighted by molar-refractivity contribution is -0.929. The van der Waals surface area contributed by atoms with E-state index in [4.69, 9.17) is 19.9 Å². The number of nitrogens with zero attached hydrogens (tertiary/aromatic N) is 1. The number of aliphatic hydroxyl groups excluding tert-OH is 3. The van der Waals surface area contributed by atoms with Gasteiger partial charge in [0.25, 0.3) is 10.1 Å². The van der Waals surface area contributed by atoms with Crippen LogP contribution in [0.15, 0.2) is 0 Å².